The Morgan fingerprint density at radius 2 is 1.65 bits per heavy atom. The van der Waals surface area contributed by atoms with Crippen LogP contribution in [0.25, 0.3) is 22.5 Å². The van der Waals surface area contributed by atoms with Crippen LogP contribution in [0.1, 0.15) is 0 Å². The van der Waals surface area contributed by atoms with Crippen LogP contribution in [-0.2, 0) is 0 Å². The van der Waals surface area contributed by atoms with E-state index < -0.39 is 0 Å². The van der Waals surface area contributed by atoms with Gasteiger partial charge < -0.3 is 19.2 Å². The minimum Gasteiger partial charge on any atom is -0.493 e. The van der Waals surface area contributed by atoms with Crippen molar-refractivity contribution in [1.82, 2.24) is 9.97 Å². The first kappa shape index (κ1) is 17.8. The summed E-state index contributed by atoms with van der Waals surface area (Å²) in [6.45, 7) is 0. The Labute approximate surface area is 155 Å². The molecule has 0 spiro atoms. The van der Waals surface area contributed by atoms with Crippen molar-refractivity contribution < 1.29 is 14.2 Å². The Morgan fingerprint density at radius 3 is 2.23 bits per heavy atom. The molecule has 0 fully saturated rings. The van der Waals surface area contributed by atoms with Crippen LogP contribution < -0.4 is 19.8 Å². The second-order valence-electron chi connectivity index (χ2n) is 5.36. The third-order valence-electron chi connectivity index (χ3n) is 3.88. The molecule has 0 unspecified atom stereocenters. The van der Waals surface area contributed by atoms with Gasteiger partial charge >= 0.3 is 0 Å². The van der Waals surface area contributed by atoms with Crippen LogP contribution in [-0.4, -0.2) is 31.3 Å². The molecule has 2 aromatic carbocycles. The van der Waals surface area contributed by atoms with Crippen LogP contribution in [0.3, 0.4) is 0 Å². The van der Waals surface area contributed by atoms with Crippen molar-refractivity contribution in [3.8, 4) is 39.8 Å². The molecule has 0 atom stereocenters. The molecule has 6 nitrogen and oxygen atoms in total. The molecule has 0 aliphatic heterocycles. The first-order chi connectivity index (χ1) is 12.6. The van der Waals surface area contributed by atoms with Gasteiger partial charge in [-0.15, -0.1) is 0 Å². The predicted molar refractivity (Wildman–Crippen MR) is 100 cm³/mol. The molecule has 134 valence electrons. The van der Waals surface area contributed by atoms with Gasteiger partial charge in [-0.2, -0.15) is 0 Å². The normalized spacial score (nSPS) is 10.5. The number of ether oxygens (including phenoxy) is 3. The molecule has 0 aliphatic carbocycles. The Hall–Kier alpha value is -2.99. The maximum Gasteiger partial charge on any atom is 0.274 e. The summed E-state index contributed by atoms with van der Waals surface area (Å²) >= 11 is 6.24. The second kappa shape index (κ2) is 7.49. The lowest BCUT2D eigenvalue weighted by atomic mass is 10.1. The average molecular weight is 373 g/mol. The summed E-state index contributed by atoms with van der Waals surface area (Å²) < 4.78 is 16.0. The molecule has 1 heterocycles. The lowest BCUT2D eigenvalue weighted by molar-refractivity contribution is 0.324. The monoisotopic (exact) mass is 372 g/mol. The van der Waals surface area contributed by atoms with Gasteiger partial charge in [0.2, 0.25) is 5.75 Å². The molecule has 1 aromatic heterocycles. The molecule has 1 N–H and O–H groups in total. The highest BCUT2D eigenvalue weighted by Crippen LogP contribution is 2.40. The summed E-state index contributed by atoms with van der Waals surface area (Å²) in [5.41, 5.74) is 1.70. The Morgan fingerprint density at radius 1 is 1.00 bits per heavy atom. The van der Waals surface area contributed by atoms with Crippen molar-refractivity contribution in [2.75, 3.05) is 21.3 Å². The highest BCUT2D eigenvalue weighted by molar-refractivity contribution is 6.33. The zero-order valence-electron chi connectivity index (χ0n) is 14.5. The van der Waals surface area contributed by atoms with Gasteiger partial charge in [-0.05, 0) is 18.2 Å². The first-order valence-electron chi connectivity index (χ1n) is 7.74. The van der Waals surface area contributed by atoms with Gasteiger partial charge in [0.05, 0.1) is 32.0 Å². The van der Waals surface area contributed by atoms with Crippen LogP contribution in [0.15, 0.2) is 47.4 Å². The van der Waals surface area contributed by atoms with E-state index in [2.05, 4.69) is 9.97 Å². The number of aromatic amines is 1. The maximum atomic E-state index is 12.4. The van der Waals surface area contributed by atoms with Gasteiger partial charge in [-0.25, -0.2) is 4.98 Å². The smallest absolute Gasteiger partial charge is 0.274 e. The minimum absolute atomic E-state index is 0.224. The van der Waals surface area contributed by atoms with Gasteiger partial charge in [0.25, 0.3) is 5.56 Å². The van der Waals surface area contributed by atoms with Crippen LogP contribution >= 0.6 is 11.6 Å². The third kappa shape index (κ3) is 3.23. The van der Waals surface area contributed by atoms with Gasteiger partial charge in [0, 0.05) is 17.3 Å². The molecule has 0 saturated heterocycles. The predicted octanol–water partition coefficient (Wildman–Crippen LogP) is 3.78. The molecule has 7 heteroatoms. The quantitative estimate of drug-likeness (QED) is 0.737. The molecule has 3 rings (SSSR count). The summed E-state index contributed by atoms with van der Waals surface area (Å²) in [5, 5.41) is 0.544. The van der Waals surface area contributed by atoms with E-state index in [1.807, 2.05) is 18.2 Å². The Bertz CT molecular complexity index is 976. The van der Waals surface area contributed by atoms with Crippen molar-refractivity contribution in [3.63, 3.8) is 0 Å². The molecule has 3 aromatic rings. The van der Waals surface area contributed by atoms with Gasteiger partial charge in [-0.3, -0.25) is 4.79 Å². The zero-order chi connectivity index (χ0) is 18.7. The van der Waals surface area contributed by atoms with Crippen molar-refractivity contribution in [2.24, 2.45) is 0 Å². The van der Waals surface area contributed by atoms with E-state index in [1.54, 1.807) is 18.2 Å². The number of methoxy groups -OCH3 is 3. The molecule has 0 amide bonds. The molecular formula is C19H17ClN2O4. The highest BCUT2D eigenvalue weighted by Gasteiger charge is 2.17. The average Bonchev–Trinajstić information content (AvgIpc) is 2.67. The summed E-state index contributed by atoms with van der Waals surface area (Å²) in [6.07, 6.45) is 1.53. The van der Waals surface area contributed by atoms with Gasteiger partial charge in [0.15, 0.2) is 11.5 Å². The molecule has 0 bridgehead atoms. The first-order valence-corrected chi connectivity index (χ1v) is 8.11. The SMILES string of the molecule is COc1cc(-c2nc(-c3ccccc3Cl)c[nH]c2=O)cc(OC)c1OC. The van der Waals surface area contributed by atoms with E-state index in [0.29, 0.717) is 33.5 Å². The van der Waals surface area contributed by atoms with E-state index >= 15 is 0 Å². The Balaban J connectivity index is 2.20. The van der Waals surface area contributed by atoms with E-state index in [4.69, 9.17) is 25.8 Å². The highest BCUT2D eigenvalue weighted by atomic mass is 35.5. The number of H-pyrrole nitrogens is 1. The lowest BCUT2D eigenvalue weighted by Gasteiger charge is -2.14. The van der Waals surface area contributed by atoms with Crippen molar-refractivity contribution in [3.05, 3.63) is 58.0 Å². The number of rotatable bonds is 5. The topological polar surface area (TPSA) is 73.4 Å². The van der Waals surface area contributed by atoms with Crippen molar-refractivity contribution in [1.29, 1.82) is 0 Å². The van der Waals surface area contributed by atoms with E-state index in [-0.39, 0.29) is 11.3 Å². The van der Waals surface area contributed by atoms with Crippen molar-refractivity contribution in [2.45, 2.75) is 0 Å². The number of benzene rings is 2. The number of nitrogens with one attached hydrogen (secondary N) is 1. The van der Waals surface area contributed by atoms with E-state index in [1.165, 1.54) is 27.5 Å². The van der Waals surface area contributed by atoms with Crippen molar-refractivity contribution >= 4 is 11.6 Å². The summed E-state index contributed by atoms with van der Waals surface area (Å²) in [6, 6.07) is 10.6. The molecular weight excluding hydrogens is 356 g/mol. The lowest BCUT2D eigenvalue weighted by Crippen LogP contribution is -2.11. The molecule has 0 aliphatic rings. The number of nitrogens with zero attached hydrogens (tertiary/aromatic N) is 1. The van der Waals surface area contributed by atoms with Gasteiger partial charge in [0.1, 0.15) is 5.69 Å². The minimum atomic E-state index is -0.338. The van der Waals surface area contributed by atoms with E-state index in [0.717, 1.165) is 5.56 Å². The summed E-state index contributed by atoms with van der Waals surface area (Å²) in [7, 11) is 4.54. The number of halogens is 1. The zero-order valence-corrected chi connectivity index (χ0v) is 15.3. The van der Waals surface area contributed by atoms with Crippen LogP contribution in [0, 0.1) is 0 Å². The second-order valence-corrected chi connectivity index (χ2v) is 5.76. The van der Waals surface area contributed by atoms with Gasteiger partial charge in [-0.1, -0.05) is 29.8 Å². The Kier molecular flexibility index (Phi) is 5.14. The molecule has 0 radical (unpaired) electrons. The fourth-order valence-corrected chi connectivity index (χ4v) is 2.86. The van der Waals surface area contributed by atoms with E-state index in [9.17, 15) is 4.79 Å². The van der Waals surface area contributed by atoms with Crippen LogP contribution in [0.2, 0.25) is 5.02 Å². The number of aromatic nitrogens is 2. The fraction of sp³-hybridized carbons (Fsp3) is 0.158. The maximum absolute atomic E-state index is 12.4. The number of hydrogen-bond donors (Lipinski definition) is 1. The largest absolute Gasteiger partial charge is 0.493 e. The summed E-state index contributed by atoms with van der Waals surface area (Å²) in [4.78, 5) is 19.6. The summed E-state index contributed by atoms with van der Waals surface area (Å²) in [5.74, 6) is 1.31. The molecule has 26 heavy (non-hydrogen) atoms. The van der Waals surface area contributed by atoms with Crippen LogP contribution in [0.5, 0.6) is 17.2 Å². The van der Waals surface area contributed by atoms with Crippen LogP contribution in [0.4, 0.5) is 0 Å². The fourth-order valence-electron chi connectivity index (χ4n) is 2.63. The molecule has 0 saturated carbocycles. The third-order valence-corrected chi connectivity index (χ3v) is 4.20. The standard InChI is InChI=1S/C19H17ClN2O4/c1-24-15-8-11(9-16(25-2)18(15)26-3)17-19(23)21-10-14(22-17)12-6-4-5-7-13(12)20/h4-10H,1-3H3,(H,21,23). The number of hydrogen-bond acceptors (Lipinski definition) is 5.